The smallest absolute Gasteiger partial charge is 0.270 e. The van der Waals surface area contributed by atoms with Gasteiger partial charge in [-0.3, -0.25) is 9.10 Å². The Kier molecular flexibility index (Phi) is 6.92. The number of hydrogen-bond donors (Lipinski definition) is 1. The van der Waals surface area contributed by atoms with E-state index in [1.807, 2.05) is 25.1 Å². The Balaban J connectivity index is 1.64. The fourth-order valence-electron chi connectivity index (χ4n) is 4.42. The third-order valence-corrected chi connectivity index (χ3v) is 7.96. The Morgan fingerprint density at radius 3 is 2.59 bits per heavy atom. The van der Waals surface area contributed by atoms with Crippen LogP contribution in [0.15, 0.2) is 57.9 Å². The summed E-state index contributed by atoms with van der Waals surface area (Å²) in [5.74, 6) is 0.408. The number of ether oxygens (including phenoxy) is 1. The first-order chi connectivity index (χ1) is 16.3. The van der Waals surface area contributed by atoms with Gasteiger partial charge in [-0.15, -0.1) is 0 Å². The van der Waals surface area contributed by atoms with Crippen molar-refractivity contribution < 1.29 is 22.5 Å². The number of aryl methyl sites for hydroxylation is 3. The second-order valence-corrected chi connectivity index (χ2v) is 10.1. The summed E-state index contributed by atoms with van der Waals surface area (Å²) in [5, 5.41) is 6.84. The fourth-order valence-corrected chi connectivity index (χ4v) is 6.14. The summed E-state index contributed by atoms with van der Waals surface area (Å²) in [6.07, 6.45) is 2.74. The highest BCUT2D eigenvalue weighted by Crippen LogP contribution is 2.31. The summed E-state index contributed by atoms with van der Waals surface area (Å²) in [6, 6.07) is 14.5. The summed E-state index contributed by atoms with van der Waals surface area (Å²) in [7, 11) is -4.12. The molecule has 0 radical (unpaired) electrons. The van der Waals surface area contributed by atoms with Gasteiger partial charge in [0, 0.05) is 0 Å². The van der Waals surface area contributed by atoms with E-state index < -0.39 is 10.0 Å². The van der Waals surface area contributed by atoms with Gasteiger partial charge >= 0.3 is 0 Å². The maximum absolute atomic E-state index is 13.7. The lowest BCUT2D eigenvalue weighted by Crippen LogP contribution is -2.42. The van der Waals surface area contributed by atoms with Crippen LogP contribution in [0.4, 0.5) is 5.69 Å². The average molecular weight is 484 g/mol. The molecular formula is C25H29N3O5S. The zero-order chi connectivity index (χ0) is 24.3. The topological polar surface area (TPSA) is 102 Å². The molecule has 34 heavy (non-hydrogen) atoms. The van der Waals surface area contributed by atoms with Crippen LogP contribution in [0.1, 0.15) is 48.4 Å². The Hall–Kier alpha value is -3.33. The molecule has 4 rings (SSSR count). The molecular weight excluding hydrogens is 454 g/mol. The van der Waals surface area contributed by atoms with Gasteiger partial charge in [-0.1, -0.05) is 29.4 Å². The van der Waals surface area contributed by atoms with Gasteiger partial charge in [0.05, 0.1) is 18.3 Å². The van der Waals surface area contributed by atoms with Crippen molar-refractivity contribution in [1.82, 2.24) is 10.5 Å². The molecule has 180 valence electrons. The van der Waals surface area contributed by atoms with Crippen LogP contribution in [0, 0.1) is 13.8 Å². The van der Waals surface area contributed by atoms with Crippen molar-refractivity contribution in [2.75, 3.05) is 17.5 Å². The van der Waals surface area contributed by atoms with Crippen molar-refractivity contribution in [2.45, 2.75) is 51.0 Å². The van der Waals surface area contributed by atoms with Crippen molar-refractivity contribution in [3.8, 4) is 5.75 Å². The van der Waals surface area contributed by atoms with Gasteiger partial charge in [0.1, 0.15) is 18.0 Å². The Bertz CT molecular complexity index is 1250. The summed E-state index contributed by atoms with van der Waals surface area (Å²) in [6.45, 7) is 5.10. The van der Waals surface area contributed by atoms with Gasteiger partial charge in [0.2, 0.25) is 5.91 Å². The molecule has 3 aromatic rings. The third-order valence-electron chi connectivity index (χ3n) is 5.94. The van der Waals surface area contributed by atoms with E-state index in [2.05, 4.69) is 16.5 Å². The molecule has 0 bridgehead atoms. The molecule has 2 aromatic carbocycles. The lowest BCUT2D eigenvalue weighted by Gasteiger charge is -2.28. The van der Waals surface area contributed by atoms with Crippen molar-refractivity contribution >= 4 is 21.6 Å². The van der Waals surface area contributed by atoms with Gasteiger partial charge in [-0.2, -0.15) is 0 Å². The molecule has 8 nitrogen and oxygen atoms in total. The van der Waals surface area contributed by atoms with Crippen LogP contribution in [0.5, 0.6) is 5.75 Å². The minimum Gasteiger partial charge on any atom is -0.494 e. The van der Waals surface area contributed by atoms with Crippen molar-refractivity contribution in [3.63, 3.8) is 0 Å². The minimum absolute atomic E-state index is 0.0304. The highest BCUT2D eigenvalue weighted by atomic mass is 32.2. The van der Waals surface area contributed by atoms with Gasteiger partial charge in [0.25, 0.3) is 10.0 Å². The van der Waals surface area contributed by atoms with Crippen LogP contribution < -0.4 is 14.4 Å². The molecule has 1 aliphatic carbocycles. The normalized spacial score (nSPS) is 15.4. The number of rotatable bonds is 8. The number of fused-ring (bicyclic) bond motifs is 1. The molecule has 0 saturated heterocycles. The number of anilines is 1. The SMILES string of the molecule is CCOc1ccc(N(CC(=O)N[C@@H]2CCCc3ccccc32)S(=O)(=O)c2c(C)noc2C)cc1. The molecule has 0 fully saturated rings. The highest BCUT2D eigenvalue weighted by molar-refractivity contribution is 7.93. The standard InChI is InChI=1S/C25H29N3O5S/c1-4-32-21-14-12-20(13-15-21)28(34(30,31)25-17(2)27-33-18(25)3)16-24(29)26-23-11-7-9-19-8-5-6-10-22(19)23/h5-6,8,10,12-15,23H,4,7,9,11,16H2,1-3H3,(H,26,29)/t23-/m1/s1. The molecule has 0 spiro atoms. The average Bonchev–Trinajstić information content (AvgIpc) is 3.17. The second-order valence-electron chi connectivity index (χ2n) is 8.30. The van der Waals surface area contributed by atoms with E-state index >= 15 is 0 Å². The maximum atomic E-state index is 13.7. The first kappa shape index (κ1) is 23.8. The van der Waals surface area contributed by atoms with Crippen LogP contribution in [0.25, 0.3) is 0 Å². The lowest BCUT2D eigenvalue weighted by molar-refractivity contribution is -0.120. The number of carbonyl (C=O) groups is 1. The molecule has 1 atom stereocenters. The van der Waals surface area contributed by atoms with E-state index in [1.165, 1.54) is 5.56 Å². The number of amides is 1. The molecule has 0 unspecified atom stereocenters. The van der Waals surface area contributed by atoms with Crippen molar-refractivity contribution in [2.24, 2.45) is 0 Å². The van der Waals surface area contributed by atoms with E-state index in [-0.39, 0.29) is 34.8 Å². The van der Waals surface area contributed by atoms with E-state index in [9.17, 15) is 13.2 Å². The van der Waals surface area contributed by atoms with E-state index in [0.29, 0.717) is 18.0 Å². The fraction of sp³-hybridized carbons (Fsp3) is 0.360. The van der Waals surface area contributed by atoms with Gasteiger partial charge in [-0.05, 0) is 75.4 Å². The number of hydrogen-bond acceptors (Lipinski definition) is 6. The Labute approximate surface area is 200 Å². The summed E-state index contributed by atoms with van der Waals surface area (Å²) in [4.78, 5) is 13.1. The molecule has 0 aliphatic heterocycles. The van der Waals surface area contributed by atoms with Crippen LogP contribution >= 0.6 is 0 Å². The van der Waals surface area contributed by atoms with Crippen LogP contribution in [-0.2, 0) is 21.2 Å². The predicted molar refractivity (Wildman–Crippen MR) is 128 cm³/mol. The van der Waals surface area contributed by atoms with Crippen molar-refractivity contribution in [3.05, 3.63) is 71.1 Å². The number of carbonyl (C=O) groups excluding carboxylic acids is 1. The minimum atomic E-state index is -4.12. The van der Waals surface area contributed by atoms with E-state index in [0.717, 1.165) is 29.1 Å². The molecule has 1 heterocycles. The third kappa shape index (κ3) is 4.79. The van der Waals surface area contributed by atoms with Crippen LogP contribution in [0.2, 0.25) is 0 Å². The predicted octanol–water partition coefficient (Wildman–Crippen LogP) is 4.08. The zero-order valence-corrected chi connectivity index (χ0v) is 20.4. The Morgan fingerprint density at radius 1 is 1.18 bits per heavy atom. The van der Waals surface area contributed by atoms with Gasteiger partial charge in [-0.25, -0.2) is 8.42 Å². The largest absolute Gasteiger partial charge is 0.494 e. The quantitative estimate of drug-likeness (QED) is 0.518. The van der Waals surface area contributed by atoms with Gasteiger partial charge in [0.15, 0.2) is 10.7 Å². The molecule has 9 heteroatoms. The molecule has 1 aromatic heterocycles. The molecule has 1 aliphatic rings. The van der Waals surface area contributed by atoms with Crippen LogP contribution in [-0.4, -0.2) is 32.6 Å². The number of benzene rings is 2. The summed E-state index contributed by atoms with van der Waals surface area (Å²) >= 11 is 0. The second kappa shape index (κ2) is 9.89. The summed E-state index contributed by atoms with van der Waals surface area (Å²) in [5.41, 5.74) is 2.90. The molecule has 0 saturated carbocycles. The van der Waals surface area contributed by atoms with Crippen LogP contribution in [0.3, 0.4) is 0 Å². The van der Waals surface area contributed by atoms with E-state index in [4.69, 9.17) is 9.26 Å². The Morgan fingerprint density at radius 2 is 1.91 bits per heavy atom. The zero-order valence-electron chi connectivity index (χ0n) is 19.6. The lowest BCUT2D eigenvalue weighted by atomic mass is 9.88. The maximum Gasteiger partial charge on any atom is 0.270 e. The number of nitrogens with one attached hydrogen (secondary N) is 1. The first-order valence-electron chi connectivity index (χ1n) is 11.4. The monoisotopic (exact) mass is 483 g/mol. The number of sulfonamides is 1. The molecule has 1 amide bonds. The molecule has 1 N–H and O–H groups in total. The highest BCUT2D eigenvalue weighted by Gasteiger charge is 2.33. The van der Waals surface area contributed by atoms with Gasteiger partial charge < -0.3 is 14.6 Å². The first-order valence-corrected chi connectivity index (χ1v) is 12.8. The number of aromatic nitrogens is 1. The number of nitrogens with zero attached hydrogens (tertiary/aromatic N) is 2. The summed E-state index contributed by atoms with van der Waals surface area (Å²) < 4.78 is 39.1. The van der Waals surface area contributed by atoms with E-state index in [1.54, 1.807) is 38.1 Å². The van der Waals surface area contributed by atoms with Crippen molar-refractivity contribution in [1.29, 1.82) is 0 Å².